The fourth-order valence-electron chi connectivity index (χ4n) is 3.33. The van der Waals surface area contributed by atoms with E-state index in [9.17, 15) is 0 Å². The number of nitrogens with zero attached hydrogens (tertiary/aromatic N) is 3. The molecule has 0 spiro atoms. The van der Waals surface area contributed by atoms with Gasteiger partial charge in [-0.1, -0.05) is 36.4 Å². The molecule has 0 saturated carbocycles. The first-order valence-corrected chi connectivity index (χ1v) is 10.3. The smallest absolute Gasteiger partial charge is 0.316 e. The molecule has 2 heterocycles. The molecule has 0 saturated heterocycles. The predicted octanol–water partition coefficient (Wildman–Crippen LogP) is 4.57. The number of nitrogen functional groups attached to an aromatic ring is 1. The first-order valence-electron chi connectivity index (χ1n) is 9.46. The molecule has 6 nitrogen and oxygen atoms in total. The van der Waals surface area contributed by atoms with E-state index in [4.69, 9.17) is 15.2 Å². The van der Waals surface area contributed by atoms with Crippen molar-refractivity contribution in [2.75, 3.05) is 20.0 Å². The SMILES string of the molecule is COc1ccc([C@H](Cc2ccc(-c3cnc(OC)nc3)cc2)c2csc(N)n2)cc1. The van der Waals surface area contributed by atoms with Crippen molar-refractivity contribution in [3.05, 3.63) is 83.1 Å². The number of rotatable bonds is 7. The van der Waals surface area contributed by atoms with Crippen LogP contribution in [0.1, 0.15) is 22.7 Å². The van der Waals surface area contributed by atoms with Gasteiger partial charge in [-0.05, 0) is 35.2 Å². The van der Waals surface area contributed by atoms with Crippen LogP contribution < -0.4 is 15.2 Å². The van der Waals surface area contributed by atoms with Gasteiger partial charge in [-0.3, -0.25) is 0 Å². The summed E-state index contributed by atoms with van der Waals surface area (Å²) in [6.07, 6.45) is 4.34. The van der Waals surface area contributed by atoms with Crippen molar-refractivity contribution in [1.29, 1.82) is 0 Å². The molecule has 0 aliphatic heterocycles. The van der Waals surface area contributed by atoms with Crippen molar-refractivity contribution >= 4 is 16.5 Å². The number of aromatic nitrogens is 3. The third-order valence-corrected chi connectivity index (χ3v) is 5.64. The predicted molar refractivity (Wildman–Crippen MR) is 119 cm³/mol. The number of nitrogens with two attached hydrogens (primary N) is 1. The summed E-state index contributed by atoms with van der Waals surface area (Å²) in [4.78, 5) is 12.9. The van der Waals surface area contributed by atoms with Gasteiger partial charge < -0.3 is 15.2 Å². The van der Waals surface area contributed by atoms with E-state index in [1.165, 1.54) is 22.5 Å². The molecule has 0 amide bonds. The second-order valence-corrected chi connectivity index (χ2v) is 7.69. The Kier molecular flexibility index (Phi) is 5.90. The third-order valence-electron chi connectivity index (χ3n) is 4.95. The van der Waals surface area contributed by atoms with Gasteiger partial charge in [0.05, 0.1) is 19.9 Å². The molecule has 152 valence electrons. The average molecular weight is 419 g/mol. The molecular weight excluding hydrogens is 396 g/mol. The summed E-state index contributed by atoms with van der Waals surface area (Å²) in [6, 6.07) is 16.9. The first-order chi connectivity index (χ1) is 14.7. The van der Waals surface area contributed by atoms with Crippen LogP contribution in [0, 0.1) is 0 Å². The lowest BCUT2D eigenvalue weighted by Gasteiger charge is -2.16. The summed E-state index contributed by atoms with van der Waals surface area (Å²) < 4.78 is 10.3. The summed E-state index contributed by atoms with van der Waals surface area (Å²) in [5, 5.41) is 2.62. The molecule has 4 rings (SSSR count). The van der Waals surface area contributed by atoms with Crippen molar-refractivity contribution in [2.45, 2.75) is 12.3 Å². The highest BCUT2D eigenvalue weighted by molar-refractivity contribution is 7.13. The lowest BCUT2D eigenvalue weighted by molar-refractivity contribution is 0.380. The van der Waals surface area contributed by atoms with Gasteiger partial charge >= 0.3 is 6.01 Å². The van der Waals surface area contributed by atoms with E-state index < -0.39 is 0 Å². The van der Waals surface area contributed by atoms with Crippen LogP contribution in [-0.2, 0) is 6.42 Å². The normalized spacial score (nSPS) is 11.8. The van der Waals surface area contributed by atoms with Crippen LogP contribution in [0.25, 0.3) is 11.1 Å². The van der Waals surface area contributed by atoms with Crippen LogP contribution in [0.2, 0.25) is 0 Å². The molecule has 0 aliphatic carbocycles. The van der Waals surface area contributed by atoms with Gasteiger partial charge in [0.15, 0.2) is 5.13 Å². The van der Waals surface area contributed by atoms with E-state index in [1.54, 1.807) is 26.6 Å². The lowest BCUT2D eigenvalue weighted by atomic mass is 9.89. The van der Waals surface area contributed by atoms with Crippen molar-refractivity contribution in [2.24, 2.45) is 0 Å². The molecule has 2 aromatic carbocycles. The maximum Gasteiger partial charge on any atom is 0.316 e. The van der Waals surface area contributed by atoms with Crippen LogP contribution >= 0.6 is 11.3 Å². The monoisotopic (exact) mass is 418 g/mol. The van der Waals surface area contributed by atoms with Crippen molar-refractivity contribution < 1.29 is 9.47 Å². The molecule has 7 heteroatoms. The van der Waals surface area contributed by atoms with Crippen molar-refractivity contribution in [1.82, 2.24) is 15.0 Å². The minimum Gasteiger partial charge on any atom is -0.497 e. The molecule has 0 unspecified atom stereocenters. The number of thiazole rings is 1. The fourth-order valence-corrected chi connectivity index (χ4v) is 3.95. The Balaban J connectivity index is 1.59. The Bertz CT molecular complexity index is 1090. The Morgan fingerprint density at radius 1 is 0.900 bits per heavy atom. The van der Waals surface area contributed by atoms with Gasteiger partial charge in [-0.15, -0.1) is 11.3 Å². The summed E-state index contributed by atoms with van der Waals surface area (Å²) in [7, 11) is 3.22. The third kappa shape index (κ3) is 4.41. The molecule has 0 aliphatic rings. The Morgan fingerprint density at radius 3 is 2.17 bits per heavy atom. The summed E-state index contributed by atoms with van der Waals surface area (Å²) in [5.41, 5.74) is 11.3. The van der Waals surface area contributed by atoms with Crippen LogP contribution in [0.4, 0.5) is 5.13 Å². The number of hydrogen-bond donors (Lipinski definition) is 1. The van der Waals surface area contributed by atoms with E-state index in [1.807, 2.05) is 17.5 Å². The molecule has 30 heavy (non-hydrogen) atoms. The summed E-state index contributed by atoms with van der Waals surface area (Å²) in [5.74, 6) is 0.945. The molecule has 2 aromatic heterocycles. The van der Waals surface area contributed by atoms with E-state index in [-0.39, 0.29) is 5.92 Å². The van der Waals surface area contributed by atoms with Gasteiger partial charge in [0.2, 0.25) is 0 Å². The van der Waals surface area contributed by atoms with Gasteiger partial charge in [0.25, 0.3) is 0 Å². The second-order valence-electron chi connectivity index (χ2n) is 6.80. The van der Waals surface area contributed by atoms with Gasteiger partial charge in [-0.25, -0.2) is 15.0 Å². The molecule has 4 aromatic rings. The zero-order valence-electron chi connectivity index (χ0n) is 16.8. The Morgan fingerprint density at radius 2 is 1.60 bits per heavy atom. The first kappa shape index (κ1) is 19.8. The zero-order valence-corrected chi connectivity index (χ0v) is 17.6. The van der Waals surface area contributed by atoms with Crippen molar-refractivity contribution in [3.63, 3.8) is 0 Å². The standard InChI is InChI=1S/C23H22N4O2S/c1-28-19-9-7-17(8-10-19)20(21-14-30-22(24)27-21)11-15-3-5-16(6-4-15)18-12-25-23(29-2)26-13-18/h3-10,12-14,20H,11H2,1-2H3,(H2,24,27)/t20-/m0/s1. The van der Waals surface area contributed by atoms with Gasteiger partial charge in [0, 0.05) is 29.3 Å². The highest BCUT2D eigenvalue weighted by Gasteiger charge is 2.18. The van der Waals surface area contributed by atoms with Crippen LogP contribution in [-0.4, -0.2) is 29.2 Å². The number of anilines is 1. The van der Waals surface area contributed by atoms with E-state index in [0.717, 1.165) is 29.0 Å². The van der Waals surface area contributed by atoms with Crippen LogP contribution in [0.3, 0.4) is 0 Å². The fraction of sp³-hybridized carbons (Fsp3) is 0.174. The summed E-state index contributed by atoms with van der Waals surface area (Å²) >= 11 is 1.47. The van der Waals surface area contributed by atoms with Gasteiger partial charge in [-0.2, -0.15) is 0 Å². The van der Waals surface area contributed by atoms with Crippen LogP contribution in [0.15, 0.2) is 66.3 Å². The van der Waals surface area contributed by atoms with E-state index in [0.29, 0.717) is 11.1 Å². The van der Waals surface area contributed by atoms with Crippen molar-refractivity contribution in [3.8, 4) is 22.9 Å². The second kappa shape index (κ2) is 8.92. The Labute approximate surface area is 179 Å². The molecule has 0 bridgehead atoms. The Hall–Kier alpha value is -3.45. The summed E-state index contributed by atoms with van der Waals surface area (Å²) in [6.45, 7) is 0. The minimum atomic E-state index is 0.111. The maximum atomic E-state index is 5.91. The highest BCUT2D eigenvalue weighted by Crippen LogP contribution is 2.32. The quantitative estimate of drug-likeness (QED) is 0.473. The average Bonchev–Trinajstić information content (AvgIpc) is 3.24. The molecule has 0 radical (unpaired) electrons. The molecular formula is C23H22N4O2S. The number of hydrogen-bond acceptors (Lipinski definition) is 7. The molecule has 0 fully saturated rings. The maximum absolute atomic E-state index is 5.91. The van der Waals surface area contributed by atoms with Crippen LogP contribution in [0.5, 0.6) is 11.8 Å². The largest absolute Gasteiger partial charge is 0.497 e. The number of benzene rings is 2. The topological polar surface area (TPSA) is 83.2 Å². The van der Waals surface area contributed by atoms with Gasteiger partial charge in [0.1, 0.15) is 5.75 Å². The number of methoxy groups -OCH3 is 2. The van der Waals surface area contributed by atoms with E-state index in [2.05, 4.69) is 51.4 Å². The minimum absolute atomic E-state index is 0.111. The highest BCUT2D eigenvalue weighted by atomic mass is 32.1. The lowest BCUT2D eigenvalue weighted by Crippen LogP contribution is -2.06. The molecule has 1 atom stereocenters. The van der Waals surface area contributed by atoms with E-state index >= 15 is 0 Å². The number of ether oxygens (including phenoxy) is 2. The zero-order chi connectivity index (χ0) is 20.9. The molecule has 2 N–H and O–H groups in total.